The van der Waals surface area contributed by atoms with Gasteiger partial charge in [-0.2, -0.15) is 0 Å². The first-order chi connectivity index (χ1) is 7.67. The van der Waals surface area contributed by atoms with Gasteiger partial charge in [0.25, 0.3) is 0 Å². The maximum atomic E-state index is 5.98. The van der Waals surface area contributed by atoms with E-state index in [0.717, 1.165) is 28.8 Å². The minimum atomic E-state index is 0.0836. The lowest BCUT2D eigenvalue weighted by Crippen LogP contribution is -2.14. The fourth-order valence-electron chi connectivity index (χ4n) is 1.67. The van der Waals surface area contributed by atoms with Crippen molar-refractivity contribution in [2.24, 2.45) is 0 Å². The molecule has 0 N–H and O–H groups in total. The minimum Gasteiger partial charge on any atom is -0.370 e. The van der Waals surface area contributed by atoms with Crippen LogP contribution < -0.4 is 0 Å². The van der Waals surface area contributed by atoms with Gasteiger partial charge >= 0.3 is 0 Å². The van der Waals surface area contributed by atoms with Crippen molar-refractivity contribution in [3.05, 3.63) is 34.9 Å². The third-order valence-electron chi connectivity index (χ3n) is 2.45. The molecule has 0 saturated carbocycles. The van der Waals surface area contributed by atoms with Gasteiger partial charge in [0.2, 0.25) is 0 Å². The van der Waals surface area contributed by atoms with Crippen molar-refractivity contribution in [1.82, 2.24) is 0 Å². The number of alkyl halides is 1. The molecule has 0 aromatic heterocycles. The van der Waals surface area contributed by atoms with Crippen molar-refractivity contribution in [1.29, 1.82) is 0 Å². The molecule has 0 aliphatic rings. The Kier molecular flexibility index (Phi) is 6.40. The fourth-order valence-corrected chi connectivity index (χ4v) is 2.39. The van der Waals surface area contributed by atoms with Crippen LogP contribution in [0.15, 0.2) is 24.3 Å². The van der Waals surface area contributed by atoms with Gasteiger partial charge in [0, 0.05) is 10.4 Å². The van der Waals surface area contributed by atoms with Crippen molar-refractivity contribution < 1.29 is 4.74 Å². The third-order valence-corrected chi connectivity index (χ3v) is 3.28. The van der Waals surface area contributed by atoms with Crippen LogP contribution in [0.5, 0.6) is 0 Å². The summed E-state index contributed by atoms with van der Waals surface area (Å²) in [5.41, 5.74) is 1.13. The van der Waals surface area contributed by atoms with Gasteiger partial charge in [-0.05, 0) is 31.0 Å². The molecule has 2 atom stereocenters. The Morgan fingerprint density at radius 3 is 2.75 bits per heavy atom. The summed E-state index contributed by atoms with van der Waals surface area (Å²) in [5.74, 6) is 0. The highest BCUT2D eigenvalue weighted by Crippen LogP contribution is 2.24. The first-order valence-electron chi connectivity index (χ1n) is 5.64. The predicted octanol–water partition coefficient (Wildman–Crippen LogP) is 4.98. The molecule has 16 heavy (non-hydrogen) atoms. The van der Waals surface area contributed by atoms with Crippen LogP contribution in [0, 0.1) is 0 Å². The summed E-state index contributed by atoms with van der Waals surface area (Å²) in [4.78, 5) is 0. The number of hydrogen-bond acceptors (Lipinski definition) is 1. The Labute approximate surface area is 111 Å². The van der Waals surface area contributed by atoms with Gasteiger partial charge < -0.3 is 4.74 Å². The molecule has 3 heteroatoms. The second kappa shape index (κ2) is 7.31. The van der Waals surface area contributed by atoms with E-state index in [1.54, 1.807) is 0 Å². The van der Waals surface area contributed by atoms with Crippen LogP contribution in [-0.2, 0) is 4.74 Å². The molecule has 0 aliphatic carbocycles. The Bertz CT molecular complexity index is 317. The average Bonchev–Trinajstić information content (AvgIpc) is 2.26. The number of halogens is 2. The van der Waals surface area contributed by atoms with Crippen molar-refractivity contribution >= 4 is 27.5 Å². The Morgan fingerprint density at radius 1 is 1.44 bits per heavy atom. The number of benzene rings is 1. The summed E-state index contributed by atoms with van der Waals surface area (Å²) in [6.45, 7) is 4.28. The van der Waals surface area contributed by atoms with E-state index in [1.165, 1.54) is 0 Å². The molecule has 2 unspecified atom stereocenters. The quantitative estimate of drug-likeness (QED) is 0.673. The van der Waals surface area contributed by atoms with E-state index in [1.807, 2.05) is 18.2 Å². The van der Waals surface area contributed by atoms with Crippen LogP contribution in [0.1, 0.15) is 38.4 Å². The molecule has 1 rings (SSSR count). The van der Waals surface area contributed by atoms with E-state index in [0.29, 0.717) is 0 Å². The van der Waals surface area contributed by atoms with Crippen molar-refractivity contribution in [2.45, 2.75) is 38.9 Å². The lowest BCUT2D eigenvalue weighted by molar-refractivity contribution is 0.00590. The molecule has 1 nitrogen and oxygen atoms in total. The molecule has 0 spiro atoms. The van der Waals surface area contributed by atoms with Gasteiger partial charge in [0.1, 0.15) is 0 Å². The summed E-state index contributed by atoms with van der Waals surface area (Å²) in [6.07, 6.45) is 2.60. The van der Waals surface area contributed by atoms with Crippen LogP contribution in [0.4, 0.5) is 0 Å². The van der Waals surface area contributed by atoms with Crippen molar-refractivity contribution in [3.8, 4) is 0 Å². The molecular weight excluding hydrogens is 287 g/mol. The number of rotatable bonds is 6. The molecule has 90 valence electrons. The Balaban J connectivity index is 2.67. The molecule has 1 aromatic carbocycles. The van der Waals surface area contributed by atoms with Gasteiger partial charge in [0.15, 0.2) is 0 Å². The normalized spacial score (nSPS) is 14.8. The monoisotopic (exact) mass is 304 g/mol. The van der Waals surface area contributed by atoms with Gasteiger partial charge in [0.05, 0.1) is 12.2 Å². The summed E-state index contributed by atoms with van der Waals surface area (Å²) in [5, 5.41) is 1.55. The molecule has 0 radical (unpaired) electrons. The molecule has 1 aromatic rings. The van der Waals surface area contributed by atoms with E-state index >= 15 is 0 Å². The predicted molar refractivity (Wildman–Crippen MR) is 73.4 cm³/mol. The zero-order valence-electron chi connectivity index (χ0n) is 9.75. The van der Waals surface area contributed by atoms with E-state index in [-0.39, 0.29) is 12.2 Å². The average molecular weight is 306 g/mol. The molecular formula is C13H18BrClO. The lowest BCUT2D eigenvalue weighted by Gasteiger charge is -2.21. The van der Waals surface area contributed by atoms with Gasteiger partial charge in [-0.3, -0.25) is 0 Å². The highest BCUT2D eigenvalue weighted by atomic mass is 79.9. The largest absolute Gasteiger partial charge is 0.370 e. The summed E-state index contributed by atoms with van der Waals surface area (Å²) < 4.78 is 5.98. The third kappa shape index (κ3) is 4.44. The maximum absolute atomic E-state index is 5.98. The first-order valence-corrected chi connectivity index (χ1v) is 7.14. The molecule has 0 aliphatic heterocycles. The summed E-state index contributed by atoms with van der Waals surface area (Å²) in [6, 6.07) is 7.86. The van der Waals surface area contributed by atoms with Gasteiger partial charge in [-0.15, -0.1) is 0 Å². The van der Waals surface area contributed by atoms with E-state index < -0.39 is 0 Å². The Morgan fingerprint density at radius 2 is 2.19 bits per heavy atom. The van der Waals surface area contributed by atoms with E-state index in [4.69, 9.17) is 16.3 Å². The van der Waals surface area contributed by atoms with Gasteiger partial charge in [-0.1, -0.05) is 53.0 Å². The second-order valence-electron chi connectivity index (χ2n) is 3.93. The zero-order chi connectivity index (χ0) is 12.0. The Hall–Kier alpha value is -0.0500. The van der Waals surface area contributed by atoms with Crippen LogP contribution >= 0.6 is 27.5 Å². The van der Waals surface area contributed by atoms with Crippen molar-refractivity contribution in [3.63, 3.8) is 0 Å². The van der Waals surface area contributed by atoms with Crippen LogP contribution in [0.25, 0.3) is 0 Å². The highest BCUT2D eigenvalue weighted by Gasteiger charge is 2.14. The van der Waals surface area contributed by atoms with E-state index in [2.05, 4.69) is 35.8 Å². The molecule has 0 heterocycles. The molecule has 0 fully saturated rings. The standard InChI is InChI=1S/C13H18BrClO/c1-3-5-10(2)16-13(9-14)11-6-4-7-12(15)8-11/h4,6-8,10,13H,3,5,9H2,1-2H3. The van der Waals surface area contributed by atoms with Crippen LogP contribution in [-0.4, -0.2) is 11.4 Å². The topological polar surface area (TPSA) is 9.23 Å². The van der Waals surface area contributed by atoms with E-state index in [9.17, 15) is 0 Å². The number of ether oxygens (including phenoxy) is 1. The summed E-state index contributed by atoms with van der Waals surface area (Å²) >= 11 is 9.46. The van der Waals surface area contributed by atoms with Gasteiger partial charge in [-0.25, -0.2) is 0 Å². The lowest BCUT2D eigenvalue weighted by atomic mass is 10.1. The maximum Gasteiger partial charge on any atom is 0.0925 e. The molecule has 0 saturated heterocycles. The number of hydrogen-bond donors (Lipinski definition) is 0. The fraction of sp³-hybridized carbons (Fsp3) is 0.538. The SMILES string of the molecule is CCCC(C)OC(CBr)c1cccc(Cl)c1. The van der Waals surface area contributed by atoms with Crippen LogP contribution in [0.2, 0.25) is 5.02 Å². The second-order valence-corrected chi connectivity index (χ2v) is 5.02. The molecule has 0 bridgehead atoms. The van der Waals surface area contributed by atoms with Crippen molar-refractivity contribution in [2.75, 3.05) is 5.33 Å². The smallest absolute Gasteiger partial charge is 0.0925 e. The minimum absolute atomic E-state index is 0.0836. The highest BCUT2D eigenvalue weighted by molar-refractivity contribution is 9.09. The summed E-state index contributed by atoms with van der Waals surface area (Å²) in [7, 11) is 0. The van der Waals surface area contributed by atoms with Crippen LogP contribution in [0.3, 0.4) is 0 Å². The first kappa shape index (κ1) is 14.0. The molecule has 0 amide bonds. The zero-order valence-corrected chi connectivity index (χ0v) is 12.1.